The number of carbonyl (C=O) groups excluding carboxylic acids is 2. The molecule has 108 valence electrons. The number of hydrogen-bond acceptors (Lipinski definition) is 4. The molecule has 0 aliphatic rings. The molecule has 0 bridgehead atoms. The topological polar surface area (TPSA) is 71.7 Å². The third kappa shape index (κ3) is 4.54. The zero-order valence-electron chi connectivity index (χ0n) is 11.2. The molecule has 0 aliphatic carbocycles. The van der Waals surface area contributed by atoms with Crippen LogP contribution in [0, 0.1) is 0 Å². The van der Waals surface area contributed by atoms with Crippen molar-refractivity contribution in [3.8, 4) is 0 Å². The lowest BCUT2D eigenvalue weighted by Crippen LogP contribution is -2.16. The van der Waals surface area contributed by atoms with Gasteiger partial charge in [0.15, 0.2) is 0 Å². The highest BCUT2D eigenvalue weighted by atomic mass is 32.2. The predicted octanol–water partition coefficient (Wildman–Crippen LogP) is 2.18. The molecule has 0 radical (unpaired) electrons. The van der Waals surface area contributed by atoms with Gasteiger partial charge in [-0.05, 0) is 24.3 Å². The van der Waals surface area contributed by atoms with Crippen LogP contribution in [0.15, 0.2) is 60.7 Å². The van der Waals surface area contributed by atoms with Crippen LogP contribution in [-0.4, -0.2) is 26.6 Å². The van der Waals surface area contributed by atoms with Crippen LogP contribution in [0.2, 0.25) is 0 Å². The molecule has 0 saturated heterocycles. The molecule has 0 atom stereocenters. The Morgan fingerprint density at radius 1 is 0.905 bits per heavy atom. The zero-order chi connectivity index (χ0) is 15.3. The first-order valence-corrected chi connectivity index (χ1v) is 7.86. The van der Waals surface area contributed by atoms with E-state index < -0.39 is 16.1 Å². The minimum atomic E-state index is -3.81. The molecule has 0 N–H and O–H groups in total. The van der Waals surface area contributed by atoms with Gasteiger partial charge in [-0.15, -0.1) is 0 Å². The van der Waals surface area contributed by atoms with E-state index in [4.69, 9.17) is 8.61 Å². The van der Waals surface area contributed by atoms with Crippen molar-refractivity contribution in [1.82, 2.24) is 0 Å². The van der Waals surface area contributed by atoms with Crippen molar-refractivity contribution in [2.75, 3.05) is 6.26 Å². The Morgan fingerprint density at radius 2 is 1.38 bits per heavy atom. The molecule has 0 spiro atoms. The van der Waals surface area contributed by atoms with Crippen molar-refractivity contribution in [3.05, 3.63) is 71.8 Å². The average molecular weight is 305 g/mol. The van der Waals surface area contributed by atoms with E-state index in [1.165, 1.54) is 0 Å². The number of benzene rings is 2. The quantitative estimate of drug-likeness (QED) is 0.495. The second kappa shape index (κ2) is 6.32. The van der Waals surface area contributed by atoms with Crippen LogP contribution in [0.4, 0.5) is 0 Å². The molecular weight excluding hydrogens is 292 g/mol. The SMILES string of the molecule is CS(=O)(=O)[O+]=C(OC(=O)c1ccccc1)c1ccccc1. The number of carbonyl (C=O) groups is 1. The molecule has 0 amide bonds. The largest absolute Gasteiger partial charge is 0.547 e. The van der Waals surface area contributed by atoms with Gasteiger partial charge in [0.1, 0.15) is 11.8 Å². The smallest absolute Gasteiger partial charge is 0.231 e. The van der Waals surface area contributed by atoms with Crippen molar-refractivity contribution < 1.29 is 21.8 Å². The van der Waals surface area contributed by atoms with Crippen molar-refractivity contribution in [2.24, 2.45) is 0 Å². The van der Waals surface area contributed by atoms with E-state index in [2.05, 4.69) is 0 Å². The van der Waals surface area contributed by atoms with Crippen LogP contribution < -0.4 is 0 Å². The van der Waals surface area contributed by atoms with Gasteiger partial charge in [-0.25, -0.2) is 9.53 Å². The molecule has 6 heteroatoms. The van der Waals surface area contributed by atoms with Crippen LogP contribution in [0.25, 0.3) is 0 Å². The standard InChI is InChI=1S/C15H13O5S/c1-21(17,18)20-15(13-10-6-3-7-11-13)19-14(16)12-8-4-2-5-9-12/h2-11H,1H3/q+1. The van der Waals surface area contributed by atoms with Crippen molar-refractivity contribution >= 4 is 22.1 Å². The Kier molecular flexibility index (Phi) is 4.49. The van der Waals surface area contributed by atoms with Gasteiger partial charge in [0.05, 0.1) is 5.56 Å². The monoisotopic (exact) mass is 305 g/mol. The van der Waals surface area contributed by atoms with E-state index in [1.807, 2.05) is 0 Å². The molecule has 0 unspecified atom stereocenters. The molecule has 0 aromatic heterocycles. The maximum absolute atomic E-state index is 12.0. The summed E-state index contributed by atoms with van der Waals surface area (Å²) in [6.07, 6.45) is 0.881. The summed E-state index contributed by atoms with van der Waals surface area (Å²) >= 11 is 0. The van der Waals surface area contributed by atoms with Gasteiger partial charge in [0.2, 0.25) is 0 Å². The normalized spacial score (nSPS) is 12.0. The predicted molar refractivity (Wildman–Crippen MR) is 77.5 cm³/mol. The molecular formula is C15H13O5S+. The highest BCUT2D eigenvalue weighted by Gasteiger charge is 2.28. The van der Waals surface area contributed by atoms with Crippen LogP contribution >= 0.6 is 0 Å². The van der Waals surface area contributed by atoms with Crippen molar-refractivity contribution in [2.45, 2.75) is 0 Å². The lowest BCUT2D eigenvalue weighted by Gasteiger charge is -1.96. The van der Waals surface area contributed by atoms with Gasteiger partial charge < -0.3 is 0 Å². The maximum atomic E-state index is 12.0. The summed E-state index contributed by atoms with van der Waals surface area (Å²) in [5.74, 6) is -1.06. The highest BCUT2D eigenvalue weighted by Crippen LogP contribution is 2.08. The van der Waals surface area contributed by atoms with E-state index in [0.29, 0.717) is 11.1 Å². The Labute approximate surface area is 122 Å². The summed E-state index contributed by atoms with van der Waals surface area (Å²) in [4.78, 5) is 12.0. The van der Waals surface area contributed by atoms with Gasteiger partial charge in [-0.1, -0.05) is 36.4 Å². The minimum absolute atomic E-state index is 0.294. The van der Waals surface area contributed by atoms with Crippen molar-refractivity contribution in [1.29, 1.82) is 0 Å². The molecule has 0 aliphatic heterocycles. The number of esters is 2. The molecule has 2 aromatic rings. The fourth-order valence-electron chi connectivity index (χ4n) is 1.55. The maximum Gasteiger partial charge on any atom is 0.547 e. The van der Waals surface area contributed by atoms with Gasteiger partial charge in [0, 0.05) is 0 Å². The summed E-state index contributed by atoms with van der Waals surface area (Å²) in [5, 5.41) is 0. The van der Waals surface area contributed by atoms with Gasteiger partial charge >= 0.3 is 22.1 Å². The summed E-state index contributed by atoms with van der Waals surface area (Å²) in [6, 6.07) is 16.5. The average Bonchev–Trinajstić information content (AvgIpc) is 2.47. The van der Waals surface area contributed by atoms with Crippen LogP contribution in [-0.2, 0) is 14.9 Å². The third-order valence-electron chi connectivity index (χ3n) is 2.43. The first kappa shape index (κ1) is 14.9. The first-order valence-electron chi connectivity index (χ1n) is 6.05. The van der Waals surface area contributed by atoms with Gasteiger partial charge in [-0.2, -0.15) is 12.3 Å². The Hall–Kier alpha value is -2.47. The lowest BCUT2D eigenvalue weighted by molar-refractivity contribution is -0.0842. The first-order chi connectivity index (χ1) is 9.96. The van der Waals surface area contributed by atoms with E-state index in [0.717, 1.165) is 6.26 Å². The summed E-state index contributed by atoms with van der Waals surface area (Å²) < 4.78 is 32.4. The van der Waals surface area contributed by atoms with Crippen molar-refractivity contribution in [3.63, 3.8) is 0 Å². The third-order valence-corrected chi connectivity index (χ3v) is 2.89. The fourth-order valence-corrected chi connectivity index (χ4v) is 1.96. The Bertz CT molecular complexity index is 749. The number of hydrogen-bond donors (Lipinski definition) is 0. The van der Waals surface area contributed by atoms with E-state index in [1.54, 1.807) is 60.7 Å². The Morgan fingerprint density at radius 3 is 1.86 bits per heavy atom. The number of ether oxygens (including phenoxy) is 1. The summed E-state index contributed by atoms with van der Waals surface area (Å²) in [6.45, 7) is 0. The van der Waals surface area contributed by atoms with Crippen LogP contribution in [0.1, 0.15) is 19.8 Å². The second-order valence-corrected chi connectivity index (χ2v) is 5.77. The molecule has 2 aromatic carbocycles. The zero-order valence-corrected chi connectivity index (χ0v) is 12.0. The van der Waals surface area contributed by atoms with E-state index in [-0.39, 0.29) is 5.97 Å². The molecule has 5 nitrogen and oxygen atoms in total. The number of rotatable bonds is 3. The lowest BCUT2D eigenvalue weighted by atomic mass is 10.2. The molecule has 0 heterocycles. The molecule has 21 heavy (non-hydrogen) atoms. The van der Waals surface area contributed by atoms with E-state index >= 15 is 0 Å². The summed E-state index contributed by atoms with van der Waals surface area (Å²) in [7, 11) is -3.81. The Balaban J connectivity index is 2.34. The van der Waals surface area contributed by atoms with Crippen LogP contribution in [0.3, 0.4) is 0 Å². The molecule has 0 saturated carbocycles. The fraction of sp³-hybridized carbons (Fsp3) is 0.0667. The van der Waals surface area contributed by atoms with Gasteiger partial charge in [0.25, 0.3) is 0 Å². The molecule has 0 fully saturated rings. The second-order valence-electron chi connectivity index (χ2n) is 4.20. The summed E-state index contributed by atoms with van der Waals surface area (Å²) in [5.41, 5.74) is 0.648. The van der Waals surface area contributed by atoms with Crippen LogP contribution in [0.5, 0.6) is 0 Å². The van der Waals surface area contributed by atoms with E-state index in [9.17, 15) is 13.2 Å². The minimum Gasteiger partial charge on any atom is -0.231 e. The van der Waals surface area contributed by atoms with Gasteiger partial charge in [-0.3, -0.25) is 0 Å². The highest BCUT2D eigenvalue weighted by molar-refractivity contribution is 7.84. The molecule has 2 rings (SSSR count).